The van der Waals surface area contributed by atoms with Gasteiger partial charge in [-0.15, -0.1) is 0 Å². The first-order chi connectivity index (χ1) is 13.8. The third-order valence-electron chi connectivity index (χ3n) is 6.60. The molecule has 2 fully saturated rings. The Morgan fingerprint density at radius 3 is 2.31 bits per heavy atom. The summed E-state index contributed by atoms with van der Waals surface area (Å²) in [6.07, 6.45) is 9.08. The van der Waals surface area contributed by atoms with Crippen LogP contribution in [0.4, 0.5) is 0 Å². The summed E-state index contributed by atoms with van der Waals surface area (Å²) < 4.78 is 5.20. The Labute approximate surface area is 175 Å². The van der Waals surface area contributed by atoms with Crippen molar-refractivity contribution in [2.24, 2.45) is 0 Å². The Hall–Kier alpha value is -1.88. The van der Waals surface area contributed by atoms with Gasteiger partial charge < -0.3 is 10.1 Å². The second-order valence-corrected chi connectivity index (χ2v) is 9.29. The molecule has 1 saturated heterocycles. The first-order valence-electron chi connectivity index (χ1n) is 11.1. The Morgan fingerprint density at radius 1 is 1.10 bits per heavy atom. The average molecular weight is 401 g/mol. The first-order valence-corrected chi connectivity index (χ1v) is 11.1. The molecular formula is C24H36N2O3. The molecule has 1 aliphatic heterocycles. The lowest BCUT2D eigenvalue weighted by atomic mass is 9.73. The van der Waals surface area contributed by atoms with E-state index in [1.54, 1.807) is 13.8 Å². The summed E-state index contributed by atoms with van der Waals surface area (Å²) in [5.74, 6) is -0.632. The van der Waals surface area contributed by atoms with Crippen LogP contribution in [-0.2, 0) is 20.7 Å². The molecule has 1 aromatic carbocycles. The van der Waals surface area contributed by atoms with Crippen molar-refractivity contribution >= 4 is 11.9 Å². The number of hydrogen-bond acceptors (Lipinski definition) is 4. The minimum Gasteiger partial charge on any atom is -0.450 e. The number of nitrogens with one attached hydrogen (secondary N) is 1. The minimum absolute atomic E-state index is 0.144. The van der Waals surface area contributed by atoms with Crippen LogP contribution in [0.2, 0.25) is 0 Å². The topological polar surface area (TPSA) is 58.6 Å². The van der Waals surface area contributed by atoms with Crippen LogP contribution in [0.25, 0.3) is 0 Å². The van der Waals surface area contributed by atoms with Gasteiger partial charge in [-0.25, -0.2) is 0 Å². The largest absolute Gasteiger partial charge is 0.450 e. The highest BCUT2D eigenvalue weighted by atomic mass is 16.6. The number of piperidine rings is 1. The van der Waals surface area contributed by atoms with Gasteiger partial charge in [-0.1, -0.05) is 36.8 Å². The first kappa shape index (κ1) is 21.8. The number of carbonyl (C=O) groups is 2. The average Bonchev–Trinajstić information content (AvgIpc) is 2.70. The van der Waals surface area contributed by atoms with Gasteiger partial charge >= 0.3 is 5.97 Å². The van der Waals surface area contributed by atoms with Crippen molar-refractivity contribution in [3.63, 3.8) is 0 Å². The number of ether oxygens (including phenoxy) is 1. The van der Waals surface area contributed by atoms with Crippen molar-refractivity contribution in [1.82, 2.24) is 10.2 Å². The van der Waals surface area contributed by atoms with Crippen molar-refractivity contribution < 1.29 is 14.3 Å². The van der Waals surface area contributed by atoms with Crippen LogP contribution < -0.4 is 5.32 Å². The zero-order valence-electron chi connectivity index (χ0n) is 18.2. The Balaban J connectivity index is 1.66. The van der Waals surface area contributed by atoms with E-state index >= 15 is 0 Å². The number of likely N-dealkylation sites (tertiary alicyclic amines) is 1. The second kappa shape index (κ2) is 9.29. The standard InChI is InChI=1S/C24H36N2O3/c1-19(27)29-23(2,3)22(28)25-21-12-14-24(15-13-21,26-16-8-5-9-17-26)18-20-10-6-4-7-11-20/h4,6-7,10-11,21H,5,8-9,12-18H2,1-3H3,(H,25,28). The SMILES string of the molecule is CC(=O)OC(C)(C)C(=O)NC1CCC(Cc2ccccc2)(N2CCCCC2)CC1. The van der Waals surface area contributed by atoms with E-state index in [1.807, 2.05) is 0 Å². The number of carbonyl (C=O) groups excluding carboxylic acids is 2. The smallest absolute Gasteiger partial charge is 0.303 e. The minimum atomic E-state index is -1.13. The second-order valence-electron chi connectivity index (χ2n) is 9.29. The molecule has 2 aliphatic rings. The quantitative estimate of drug-likeness (QED) is 0.737. The van der Waals surface area contributed by atoms with Gasteiger partial charge in [-0.2, -0.15) is 0 Å². The van der Waals surface area contributed by atoms with Crippen LogP contribution in [0.1, 0.15) is 71.3 Å². The zero-order valence-corrected chi connectivity index (χ0v) is 18.2. The van der Waals surface area contributed by atoms with Crippen molar-refractivity contribution in [2.45, 2.75) is 89.3 Å². The number of hydrogen-bond donors (Lipinski definition) is 1. The van der Waals surface area contributed by atoms with Gasteiger partial charge in [0.2, 0.25) is 0 Å². The summed E-state index contributed by atoms with van der Waals surface area (Å²) in [5.41, 5.74) is 0.461. The van der Waals surface area contributed by atoms with Gasteiger partial charge in [0, 0.05) is 18.5 Å². The molecule has 5 heteroatoms. The van der Waals surface area contributed by atoms with Gasteiger partial charge in [0.25, 0.3) is 5.91 Å². The molecule has 1 aromatic rings. The summed E-state index contributed by atoms with van der Waals surface area (Å²) in [6.45, 7) is 7.01. The molecule has 1 aliphatic carbocycles. The number of rotatable bonds is 6. The molecule has 0 aromatic heterocycles. The van der Waals surface area contributed by atoms with Crippen molar-refractivity contribution in [1.29, 1.82) is 0 Å². The highest BCUT2D eigenvalue weighted by Crippen LogP contribution is 2.38. The highest BCUT2D eigenvalue weighted by molar-refractivity contribution is 5.86. The van der Waals surface area contributed by atoms with Crippen molar-refractivity contribution in [3.05, 3.63) is 35.9 Å². The Kier molecular flexibility index (Phi) is 6.99. The molecule has 0 radical (unpaired) electrons. The van der Waals surface area contributed by atoms with Gasteiger partial charge in [0.05, 0.1) is 0 Å². The van der Waals surface area contributed by atoms with Crippen LogP contribution in [0.3, 0.4) is 0 Å². The maximum atomic E-state index is 12.6. The third kappa shape index (κ3) is 5.59. The van der Waals surface area contributed by atoms with Gasteiger partial charge in [0.15, 0.2) is 5.60 Å². The fourth-order valence-corrected chi connectivity index (χ4v) is 5.01. The summed E-state index contributed by atoms with van der Waals surface area (Å²) in [4.78, 5) is 26.6. The molecule has 5 nitrogen and oxygen atoms in total. The van der Waals surface area contributed by atoms with E-state index in [9.17, 15) is 9.59 Å². The van der Waals surface area contributed by atoms with Crippen LogP contribution >= 0.6 is 0 Å². The lowest BCUT2D eigenvalue weighted by molar-refractivity contribution is -0.163. The van der Waals surface area contributed by atoms with Gasteiger partial charge in [-0.3, -0.25) is 14.5 Å². The number of amides is 1. The van der Waals surface area contributed by atoms with Crippen LogP contribution in [-0.4, -0.2) is 47.0 Å². The predicted octanol–water partition coefficient (Wildman–Crippen LogP) is 3.85. The van der Waals surface area contributed by atoms with E-state index in [0.29, 0.717) is 0 Å². The fraction of sp³-hybridized carbons (Fsp3) is 0.667. The molecule has 0 spiro atoms. The highest BCUT2D eigenvalue weighted by Gasteiger charge is 2.42. The lowest BCUT2D eigenvalue weighted by Crippen LogP contribution is -2.57. The van der Waals surface area contributed by atoms with Crippen LogP contribution in [0.15, 0.2) is 30.3 Å². The van der Waals surface area contributed by atoms with E-state index in [0.717, 1.165) is 32.1 Å². The lowest BCUT2D eigenvalue weighted by Gasteiger charge is -2.50. The summed E-state index contributed by atoms with van der Waals surface area (Å²) in [5, 5.41) is 3.13. The summed E-state index contributed by atoms with van der Waals surface area (Å²) in [7, 11) is 0. The molecule has 1 heterocycles. The van der Waals surface area contributed by atoms with E-state index < -0.39 is 11.6 Å². The molecule has 1 amide bonds. The number of esters is 1. The van der Waals surface area contributed by atoms with Crippen LogP contribution in [0, 0.1) is 0 Å². The molecular weight excluding hydrogens is 364 g/mol. The zero-order chi connectivity index (χ0) is 20.9. The maximum absolute atomic E-state index is 12.6. The van der Waals surface area contributed by atoms with E-state index in [4.69, 9.17) is 4.74 Å². The molecule has 0 unspecified atom stereocenters. The monoisotopic (exact) mass is 400 g/mol. The molecule has 29 heavy (non-hydrogen) atoms. The van der Waals surface area contributed by atoms with E-state index in [-0.39, 0.29) is 17.5 Å². The third-order valence-corrected chi connectivity index (χ3v) is 6.60. The normalized spacial score (nSPS) is 26.0. The summed E-state index contributed by atoms with van der Waals surface area (Å²) in [6, 6.07) is 11.0. The molecule has 0 atom stereocenters. The fourth-order valence-electron chi connectivity index (χ4n) is 5.01. The van der Waals surface area contributed by atoms with Crippen molar-refractivity contribution in [3.8, 4) is 0 Å². The molecule has 3 rings (SSSR count). The predicted molar refractivity (Wildman–Crippen MR) is 115 cm³/mol. The van der Waals surface area contributed by atoms with Gasteiger partial charge in [-0.05, 0) is 77.4 Å². The maximum Gasteiger partial charge on any atom is 0.303 e. The summed E-state index contributed by atoms with van der Waals surface area (Å²) >= 11 is 0. The molecule has 0 bridgehead atoms. The Bertz CT molecular complexity index is 687. The molecule has 1 N–H and O–H groups in total. The van der Waals surface area contributed by atoms with E-state index in [2.05, 4.69) is 40.5 Å². The van der Waals surface area contributed by atoms with Crippen LogP contribution in [0.5, 0.6) is 0 Å². The number of benzene rings is 1. The number of nitrogens with zero attached hydrogens (tertiary/aromatic N) is 1. The van der Waals surface area contributed by atoms with Crippen molar-refractivity contribution in [2.75, 3.05) is 13.1 Å². The van der Waals surface area contributed by atoms with E-state index in [1.165, 1.54) is 44.8 Å². The van der Waals surface area contributed by atoms with Gasteiger partial charge in [0.1, 0.15) is 0 Å². The molecule has 1 saturated carbocycles. The molecule has 160 valence electrons. The Morgan fingerprint density at radius 2 is 1.72 bits per heavy atom.